The first kappa shape index (κ1) is 23.5. The molecule has 1 amide bonds. The third-order valence-electron chi connectivity index (χ3n) is 5.55. The monoisotopic (exact) mass is 455 g/mol. The van der Waals surface area contributed by atoms with Gasteiger partial charge in [-0.25, -0.2) is 0 Å². The Morgan fingerprint density at radius 3 is 2.56 bits per heavy atom. The molecule has 1 unspecified atom stereocenters. The zero-order chi connectivity index (χ0) is 24.0. The fourth-order valence-electron chi connectivity index (χ4n) is 4.01. The Morgan fingerprint density at radius 1 is 1.06 bits per heavy atom. The van der Waals surface area contributed by atoms with Crippen LogP contribution < -0.4 is 0 Å². The minimum atomic E-state index is -0.585. The second kappa shape index (κ2) is 10.5. The van der Waals surface area contributed by atoms with Gasteiger partial charge in [-0.3, -0.25) is 15.0 Å². The molecule has 0 bridgehead atoms. The van der Waals surface area contributed by atoms with Gasteiger partial charge in [0.15, 0.2) is 6.21 Å². The number of nitrogens with zero attached hydrogens (tertiary/aromatic N) is 4. The summed E-state index contributed by atoms with van der Waals surface area (Å²) in [5.74, 6) is 0. The first-order valence-corrected chi connectivity index (χ1v) is 11.7. The van der Waals surface area contributed by atoms with E-state index in [-0.39, 0.29) is 12.1 Å². The standard InChI is InChI=1S/C28H31N4O2/c1-28(2,3)34-27(33)32(25-11-6-8-23-9-7-17-31-26(23)25)20-22-14-12-21(13-15-22)18-29-19-24-10-4-5-16-30-24/h4-5,7,9-10,12-18,20,25H,6,8,11,19H2,1-3H3/q+1. The molecule has 0 radical (unpaired) electrons. The van der Waals surface area contributed by atoms with Crippen LogP contribution in [-0.2, 0) is 17.7 Å². The minimum Gasteiger partial charge on any atom is -0.406 e. The van der Waals surface area contributed by atoms with E-state index in [9.17, 15) is 4.79 Å². The van der Waals surface area contributed by atoms with Gasteiger partial charge < -0.3 is 4.74 Å². The maximum atomic E-state index is 13.2. The van der Waals surface area contributed by atoms with Crippen molar-refractivity contribution in [2.75, 3.05) is 0 Å². The number of fused-ring (bicyclic) bond motifs is 1. The predicted octanol–water partition coefficient (Wildman–Crippen LogP) is 5.54. The summed E-state index contributed by atoms with van der Waals surface area (Å²) >= 11 is 0. The molecule has 0 saturated heterocycles. The summed E-state index contributed by atoms with van der Waals surface area (Å²) in [6.45, 7) is 6.19. The highest BCUT2D eigenvalue weighted by molar-refractivity contribution is 5.84. The van der Waals surface area contributed by atoms with E-state index in [4.69, 9.17) is 4.74 Å². The Balaban J connectivity index is 1.58. The van der Waals surface area contributed by atoms with Gasteiger partial charge in [0, 0.05) is 30.6 Å². The topological polar surface area (TPSA) is 67.5 Å². The molecule has 34 heavy (non-hydrogen) atoms. The Morgan fingerprint density at radius 2 is 1.82 bits per heavy atom. The van der Waals surface area contributed by atoms with Crippen LogP contribution in [0.15, 0.2) is 72.0 Å². The average Bonchev–Trinajstić information content (AvgIpc) is 2.83. The number of pyridine rings is 2. The number of aromatic nitrogens is 2. The Labute approximate surface area is 201 Å². The maximum Gasteiger partial charge on any atom is 0.597 e. The molecule has 0 fully saturated rings. The summed E-state index contributed by atoms with van der Waals surface area (Å²) in [5.41, 5.74) is 4.39. The highest BCUT2D eigenvalue weighted by atomic mass is 16.6. The third-order valence-corrected chi connectivity index (χ3v) is 5.55. The van der Waals surface area contributed by atoms with Crippen LogP contribution in [0.3, 0.4) is 0 Å². The van der Waals surface area contributed by atoms with Crippen molar-refractivity contribution in [2.24, 2.45) is 4.99 Å². The SMILES string of the molecule is CC(C)(C)OC(=O)[N+](=Cc1ccc(C=NCc2ccccn2)cc1)C1CCCc2cccnc21. The fraction of sp³-hybridized carbons (Fsp3) is 0.321. The van der Waals surface area contributed by atoms with Crippen molar-refractivity contribution in [3.05, 3.63) is 95.1 Å². The number of ether oxygens (including phenoxy) is 1. The predicted molar refractivity (Wildman–Crippen MR) is 134 cm³/mol. The van der Waals surface area contributed by atoms with Crippen LogP contribution in [0.1, 0.15) is 67.7 Å². The summed E-state index contributed by atoms with van der Waals surface area (Å²) in [4.78, 5) is 26.6. The molecule has 6 heteroatoms. The van der Waals surface area contributed by atoms with Crippen molar-refractivity contribution in [1.82, 2.24) is 9.97 Å². The summed E-state index contributed by atoms with van der Waals surface area (Å²) in [6, 6.07) is 17.7. The zero-order valence-electron chi connectivity index (χ0n) is 20.0. The summed E-state index contributed by atoms with van der Waals surface area (Å²) in [5, 5.41) is 0. The molecule has 0 spiro atoms. The number of benzene rings is 1. The van der Waals surface area contributed by atoms with Crippen LogP contribution in [0.5, 0.6) is 0 Å². The van der Waals surface area contributed by atoms with Gasteiger partial charge in [0.1, 0.15) is 11.3 Å². The molecule has 1 aromatic carbocycles. The van der Waals surface area contributed by atoms with Crippen LogP contribution in [0.4, 0.5) is 4.79 Å². The van der Waals surface area contributed by atoms with E-state index in [1.807, 2.05) is 81.7 Å². The lowest BCUT2D eigenvalue weighted by molar-refractivity contribution is -0.496. The van der Waals surface area contributed by atoms with E-state index in [0.717, 1.165) is 41.8 Å². The number of rotatable bonds is 5. The smallest absolute Gasteiger partial charge is 0.406 e. The minimum absolute atomic E-state index is 0.153. The second-order valence-corrected chi connectivity index (χ2v) is 9.43. The van der Waals surface area contributed by atoms with Gasteiger partial charge in [-0.1, -0.05) is 24.3 Å². The molecule has 174 valence electrons. The lowest BCUT2D eigenvalue weighted by Gasteiger charge is -2.23. The van der Waals surface area contributed by atoms with Crippen molar-refractivity contribution in [2.45, 2.75) is 58.2 Å². The van der Waals surface area contributed by atoms with Crippen molar-refractivity contribution >= 4 is 18.5 Å². The first-order chi connectivity index (χ1) is 16.4. The number of hydrogen-bond donors (Lipinski definition) is 0. The third kappa shape index (κ3) is 6.22. The van der Waals surface area contributed by atoms with Crippen LogP contribution >= 0.6 is 0 Å². The molecular formula is C28H31N4O2+. The molecule has 0 saturated carbocycles. The van der Waals surface area contributed by atoms with Gasteiger partial charge in [-0.05, 0) is 75.1 Å². The van der Waals surface area contributed by atoms with E-state index in [1.165, 1.54) is 5.56 Å². The van der Waals surface area contributed by atoms with Gasteiger partial charge >= 0.3 is 6.09 Å². The first-order valence-electron chi connectivity index (χ1n) is 11.7. The number of aryl methyl sites for hydroxylation is 1. The Hall–Kier alpha value is -3.67. The van der Waals surface area contributed by atoms with Crippen molar-refractivity contribution in [3.8, 4) is 0 Å². The molecule has 1 atom stereocenters. The van der Waals surface area contributed by atoms with E-state index in [1.54, 1.807) is 17.0 Å². The van der Waals surface area contributed by atoms with Crippen molar-refractivity contribution in [3.63, 3.8) is 0 Å². The second-order valence-electron chi connectivity index (χ2n) is 9.43. The molecular weight excluding hydrogens is 424 g/mol. The average molecular weight is 456 g/mol. The van der Waals surface area contributed by atoms with E-state index in [2.05, 4.69) is 21.0 Å². The molecule has 0 N–H and O–H groups in total. The molecule has 2 aromatic heterocycles. The number of carbonyl (C=O) groups is 1. The number of amides is 1. The van der Waals surface area contributed by atoms with E-state index < -0.39 is 5.60 Å². The highest BCUT2D eigenvalue weighted by Crippen LogP contribution is 2.31. The molecule has 1 aliphatic carbocycles. The zero-order valence-corrected chi connectivity index (χ0v) is 20.0. The summed E-state index contributed by atoms with van der Waals surface area (Å²) in [7, 11) is 0. The van der Waals surface area contributed by atoms with Gasteiger partial charge in [0.25, 0.3) is 0 Å². The maximum absolute atomic E-state index is 13.2. The van der Waals surface area contributed by atoms with Crippen LogP contribution in [-0.4, -0.2) is 38.7 Å². The summed E-state index contributed by atoms with van der Waals surface area (Å²) in [6.07, 6.45) is 9.74. The van der Waals surface area contributed by atoms with Crippen LogP contribution in [0.25, 0.3) is 0 Å². The number of carbonyl (C=O) groups excluding carboxylic acids is 1. The van der Waals surface area contributed by atoms with Crippen LogP contribution in [0.2, 0.25) is 0 Å². The Bertz CT molecular complexity index is 1180. The van der Waals surface area contributed by atoms with Gasteiger partial charge in [-0.2, -0.15) is 4.79 Å². The van der Waals surface area contributed by atoms with E-state index >= 15 is 0 Å². The molecule has 1 aliphatic rings. The summed E-state index contributed by atoms with van der Waals surface area (Å²) < 4.78 is 7.47. The lowest BCUT2D eigenvalue weighted by atomic mass is 9.91. The number of hydrogen-bond acceptors (Lipinski definition) is 5. The Kier molecular flexibility index (Phi) is 7.26. The van der Waals surface area contributed by atoms with Gasteiger partial charge in [0.2, 0.25) is 6.04 Å². The van der Waals surface area contributed by atoms with Gasteiger partial charge in [-0.15, -0.1) is 4.58 Å². The van der Waals surface area contributed by atoms with Crippen molar-refractivity contribution < 1.29 is 14.1 Å². The molecule has 4 rings (SSSR count). The fourth-order valence-corrected chi connectivity index (χ4v) is 4.01. The number of aliphatic imine (C=N–C) groups is 1. The van der Waals surface area contributed by atoms with Crippen molar-refractivity contribution in [1.29, 1.82) is 0 Å². The lowest BCUT2D eigenvalue weighted by Crippen LogP contribution is -2.35. The van der Waals surface area contributed by atoms with Gasteiger partial charge in [0.05, 0.1) is 12.2 Å². The highest BCUT2D eigenvalue weighted by Gasteiger charge is 2.38. The van der Waals surface area contributed by atoms with Crippen LogP contribution in [0, 0.1) is 0 Å². The molecule has 3 aromatic rings. The largest absolute Gasteiger partial charge is 0.597 e. The quantitative estimate of drug-likeness (QED) is 0.374. The molecule has 6 nitrogen and oxygen atoms in total. The molecule has 0 aliphatic heterocycles. The molecule has 2 heterocycles. The van der Waals surface area contributed by atoms with E-state index in [0.29, 0.717) is 6.54 Å². The normalized spacial score (nSPS) is 16.3.